The van der Waals surface area contributed by atoms with E-state index < -0.39 is 0 Å². The Morgan fingerprint density at radius 3 is 2.80 bits per heavy atom. The number of amides is 1. The number of methoxy groups -OCH3 is 2. The molecule has 3 aromatic rings. The monoisotopic (exact) mass is 444 g/mol. The van der Waals surface area contributed by atoms with Crippen LogP contribution >= 0.6 is 23.4 Å². The van der Waals surface area contributed by atoms with Crippen LogP contribution < -0.4 is 14.8 Å². The molecule has 0 fully saturated rings. The van der Waals surface area contributed by atoms with Gasteiger partial charge in [0.25, 0.3) is 0 Å². The molecule has 2 aromatic carbocycles. The summed E-state index contributed by atoms with van der Waals surface area (Å²) in [5.41, 5.74) is 1.38. The van der Waals surface area contributed by atoms with Gasteiger partial charge in [0.1, 0.15) is 11.5 Å². The minimum absolute atomic E-state index is 0.164. The molecule has 0 aliphatic heterocycles. The number of aromatic nitrogens is 3. The molecule has 9 heteroatoms. The molecule has 1 N–H and O–H groups in total. The molecule has 1 heterocycles. The number of benzene rings is 2. The van der Waals surface area contributed by atoms with E-state index in [2.05, 4.69) is 22.1 Å². The van der Waals surface area contributed by atoms with E-state index in [4.69, 9.17) is 21.1 Å². The maximum atomic E-state index is 12.4. The van der Waals surface area contributed by atoms with Crippen LogP contribution in [0, 0.1) is 0 Å². The molecule has 1 amide bonds. The third-order valence-corrected chi connectivity index (χ3v) is 5.32. The van der Waals surface area contributed by atoms with Crippen molar-refractivity contribution in [1.82, 2.24) is 14.8 Å². The Kier molecular flexibility index (Phi) is 7.37. The molecule has 0 aliphatic carbocycles. The van der Waals surface area contributed by atoms with Crippen molar-refractivity contribution in [3.05, 3.63) is 60.1 Å². The molecule has 3 rings (SSSR count). The Hall–Kier alpha value is -2.97. The molecule has 30 heavy (non-hydrogen) atoms. The molecule has 0 bridgehead atoms. The number of thioether (sulfide) groups is 1. The van der Waals surface area contributed by atoms with E-state index in [0.29, 0.717) is 45.3 Å². The van der Waals surface area contributed by atoms with Crippen molar-refractivity contribution in [3.8, 4) is 22.9 Å². The van der Waals surface area contributed by atoms with Crippen molar-refractivity contribution in [1.29, 1.82) is 0 Å². The zero-order chi connectivity index (χ0) is 21.5. The van der Waals surface area contributed by atoms with E-state index in [1.165, 1.54) is 11.8 Å². The Bertz CT molecular complexity index is 1050. The number of rotatable bonds is 9. The van der Waals surface area contributed by atoms with Crippen LogP contribution in [0.25, 0.3) is 11.4 Å². The van der Waals surface area contributed by atoms with Gasteiger partial charge in [-0.1, -0.05) is 35.5 Å². The van der Waals surface area contributed by atoms with Crippen molar-refractivity contribution in [2.45, 2.75) is 11.7 Å². The summed E-state index contributed by atoms with van der Waals surface area (Å²) >= 11 is 7.44. The van der Waals surface area contributed by atoms with Gasteiger partial charge in [-0.15, -0.1) is 16.8 Å². The van der Waals surface area contributed by atoms with Crippen LogP contribution in [0.5, 0.6) is 11.5 Å². The fraction of sp³-hybridized carbons (Fsp3) is 0.190. The zero-order valence-electron chi connectivity index (χ0n) is 16.6. The summed E-state index contributed by atoms with van der Waals surface area (Å²) in [6, 6.07) is 12.5. The summed E-state index contributed by atoms with van der Waals surface area (Å²) in [7, 11) is 3.16. The first kappa shape index (κ1) is 21.7. The Labute approximate surface area is 184 Å². The lowest BCUT2D eigenvalue weighted by Crippen LogP contribution is -2.14. The first-order chi connectivity index (χ1) is 14.5. The van der Waals surface area contributed by atoms with E-state index in [1.807, 2.05) is 16.7 Å². The van der Waals surface area contributed by atoms with Gasteiger partial charge in [-0.05, 0) is 30.3 Å². The number of allylic oxidation sites excluding steroid dienone is 1. The van der Waals surface area contributed by atoms with Gasteiger partial charge in [0.05, 0.1) is 25.5 Å². The number of anilines is 1. The van der Waals surface area contributed by atoms with E-state index in [0.717, 1.165) is 0 Å². The zero-order valence-corrected chi connectivity index (χ0v) is 18.2. The average molecular weight is 445 g/mol. The van der Waals surface area contributed by atoms with Crippen molar-refractivity contribution < 1.29 is 14.3 Å². The lowest BCUT2D eigenvalue weighted by molar-refractivity contribution is -0.113. The Morgan fingerprint density at radius 1 is 1.23 bits per heavy atom. The number of hydrogen-bond donors (Lipinski definition) is 1. The van der Waals surface area contributed by atoms with Crippen molar-refractivity contribution >= 4 is 35.0 Å². The van der Waals surface area contributed by atoms with Crippen LogP contribution in [0.2, 0.25) is 5.02 Å². The van der Waals surface area contributed by atoms with Gasteiger partial charge < -0.3 is 14.8 Å². The third kappa shape index (κ3) is 5.14. The molecule has 0 atom stereocenters. The summed E-state index contributed by atoms with van der Waals surface area (Å²) < 4.78 is 12.5. The molecule has 0 saturated heterocycles. The average Bonchev–Trinajstić information content (AvgIpc) is 3.15. The van der Waals surface area contributed by atoms with Gasteiger partial charge in [-0.25, -0.2) is 0 Å². The normalized spacial score (nSPS) is 10.5. The minimum Gasteiger partial charge on any atom is -0.497 e. The SMILES string of the molecule is C=CCn1c(SCC(=O)Nc2cccc(OC)c2)nnc1-c1cc(Cl)ccc1OC. The van der Waals surface area contributed by atoms with Gasteiger partial charge in [0.2, 0.25) is 5.91 Å². The maximum absolute atomic E-state index is 12.4. The number of carbonyl (C=O) groups is 1. The second-order valence-corrected chi connectivity index (χ2v) is 7.50. The molecule has 0 saturated carbocycles. The summed E-state index contributed by atoms with van der Waals surface area (Å²) in [6.45, 7) is 4.27. The summed E-state index contributed by atoms with van der Waals surface area (Å²) in [6.07, 6.45) is 1.74. The number of hydrogen-bond acceptors (Lipinski definition) is 6. The minimum atomic E-state index is -0.164. The number of carbonyl (C=O) groups excluding carboxylic acids is 1. The highest BCUT2D eigenvalue weighted by Gasteiger charge is 2.18. The summed E-state index contributed by atoms with van der Waals surface area (Å²) in [5, 5.41) is 12.5. The molecule has 7 nitrogen and oxygen atoms in total. The first-order valence-corrected chi connectivity index (χ1v) is 10.4. The molecule has 1 aromatic heterocycles. The highest BCUT2D eigenvalue weighted by molar-refractivity contribution is 7.99. The highest BCUT2D eigenvalue weighted by atomic mass is 35.5. The second kappa shape index (κ2) is 10.2. The van der Waals surface area contributed by atoms with Crippen LogP contribution in [0.3, 0.4) is 0 Å². The number of ether oxygens (including phenoxy) is 2. The molecular formula is C21H21ClN4O3S. The lowest BCUT2D eigenvalue weighted by atomic mass is 10.2. The molecular weight excluding hydrogens is 424 g/mol. The summed E-state index contributed by atoms with van der Waals surface area (Å²) in [5.74, 6) is 1.89. The molecule has 0 aliphatic rings. The van der Waals surface area contributed by atoms with Gasteiger partial charge in [0.15, 0.2) is 11.0 Å². The third-order valence-electron chi connectivity index (χ3n) is 4.12. The predicted octanol–water partition coefficient (Wildman–Crippen LogP) is 4.53. The van der Waals surface area contributed by atoms with Gasteiger partial charge in [-0.3, -0.25) is 9.36 Å². The largest absolute Gasteiger partial charge is 0.497 e. The number of halogens is 1. The fourth-order valence-electron chi connectivity index (χ4n) is 2.77. The first-order valence-electron chi connectivity index (χ1n) is 9.00. The highest BCUT2D eigenvalue weighted by Crippen LogP contribution is 2.33. The smallest absolute Gasteiger partial charge is 0.234 e. The van der Waals surface area contributed by atoms with Crippen molar-refractivity contribution in [2.24, 2.45) is 0 Å². The number of nitrogens with one attached hydrogen (secondary N) is 1. The standard InChI is InChI=1S/C21H21ClN4O3S/c1-4-10-26-20(17-11-14(22)8-9-18(17)29-3)24-25-21(26)30-13-19(27)23-15-6-5-7-16(12-15)28-2/h4-9,11-12H,1,10,13H2,2-3H3,(H,23,27). The predicted molar refractivity (Wildman–Crippen MR) is 120 cm³/mol. The van der Waals surface area contributed by atoms with Crippen LogP contribution in [-0.4, -0.2) is 40.6 Å². The van der Waals surface area contributed by atoms with Gasteiger partial charge >= 0.3 is 0 Å². The molecule has 0 spiro atoms. The van der Waals surface area contributed by atoms with E-state index in [1.54, 1.807) is 50.6 Å². The van der Waals surface area contributed by atoms with Gasteiger partial charge in [0, 0.05) is 23.3 Å². The quantitative estimate of drug-likeness (QED) is 0.386. The molecule has 0 unspecified atom stereocenters. The van der Waals surface area contributed by atoms with Crippen molar-refractivity contribution in [2.75, 3.05) is 25.3 Å². The number of nitrogens with zero attached hydrogens (tertiary/aromatic N) is 3. The Balaban J connectivity index is 1.77. The van der Waals surface area contributed by atoms with Crippen LogP contribution in [0.15, 0.2) is 60.3 Å². The maximum Gasteiger partial charge on any atom is 0.234 e. The van der Waals surface area contributed by atoms with E-state index in [9.17, 15) is 4.79 Å². The second-order valence-electron chi connectivity index (χ2n) is 6.12. The van der Waals surface area contributed by atoms with Crippen LogP contribution in [-0.2, 0) is 11.3 Å². The van der Waals surface area contributed by atoms with Gasteiger partial charge in [-0.2, -0.15) is 0 Å². The fourth-order valence-corrected chi connectivity index (χ4v) is 3.69. The van der Waals surface area contributed by atoms with Crippen molar-refractivity contribution in [3.63, 3.8) is 0 Å². The van der Waals surface area contributed by atoms with Crippen LogP contribution in [0.1, 0.15) is 0 Å². The van der Waals surface area contributed by atoms with Crippen LogP contribution in [0.4, 0.5) is 5.69 Å². The molecule has 156 valence electrons. The Morgan fingerprint density at radius 2 is 2.07 bits per heavy atom. The van der Waals surface area contributed by atoms with E-state index in [-0.39, 0.29) is 11.7 Å². The van der Waals surface area contributed by atoms with E-state index >= 15 is 0 Å². The lowest BCUT2D eigenvalue weighted by Gasteiger charge is -2.11. The molecule has 0 radical (unpaired) electrons. The summed E-state index contributed by atoms with van der Waals surface area (Å²) in [4.78, 5) is 12.4. The topological polar surface area (TPSA) is 78.3 Å².